The summed E-state index contributed by atoms with van der Waals surface area (Å²) in [6.07, 6.45) is 3.10. The number of hydrogen-bond donors (Lipinski definition) is 1. The summed E-state index contributed by atoms with van der Waals surface area (Å²) >= 11 is -2.10. The maximum Gasteiger partial charge on any atom is 0.0592 e. The highest BCUT2D eigenvalue weighted by Crippen LogP contribution is 2.33. The number of aliphatic hydroxyl groups excluding tert-OH is 1. The average molecular weight is 163 g/mol. The van der Waals surface area contributed by atoms with E-state index in [9.17, 15) is 8.76 Å². The van der Waals surface area contributed by atoms with E-state index >= 15 is 0 Å². The zero-order valence-electron chi connectivity index (χ0n) is 5.71. The van der Waals surface area contributed by atoms with E-state index in [2.05, 4.69) is 0 Å². The molecule has 0 aliphatic heterocycles. The van der Waals surface area contributed by atoms with E-state index in [0.29, 0.717) is 12.8 Å². The molecule has 0 bridgehead atoms. The van der Waals surface area contributed by atoms with Crippen LogP contribution in [-0.4, -0.2) is 25.2 Å². The maximum atomic E-state index is 10.6. The minimum absolute atomic E-state index is 0.219. The van der Waals surface area contributed by atoms with Crippen molar-refractivity contribution in [1.82, 2.24) is 0 Å². The lowest BCUT2D eigenvalue weighted by atomic mass is 10.1. The molecule has 1 fully saturated rings. The van der Waals surface area contributed by atoms with Crippen LogP contribution in [0.4, 0.5) is 0 Å². The topological polar surface area (TPSA) is 60.4 Å². The molecule has 0 aromatic heterocycles. The van der Waals surface area contributed by atoms with Crippen molar-refractivity contribution in [2.45, 2.75) is 30.4 Å². The van der Waals surface area contributed by atoms with Gasteiger partial charge in [-0.2, -0.15) is 0 Å². The van der Waals surface area contributed by atoms with E-state index in [-0.39, 0.29) is 6.61 Å². The van der Waals surface area contributed by atoms with Gasteiger partial charge < -0.3 is 9.66 Å². The number of rotatable bonds is 2. The van der Waals surface area contributed by atoms with E-state index in [1.807, 2.05) is 0 Å². The van der Waals surface area contributed by atoms with Crippen LogP contribution in [0.25, 0.3) is 0 Å². The molecule has 1 aliphatic rings. The fourth-order valence-electron chi connectivity index (χ4n) is 1.40. The van der Waals surface area contributed by atoms with Gasteiger partial charge in [0.05, 0.1) is 11.4 Å². The van der Waals surface area contributed by atoms with Crippen molar-refractivity contribution in [2.75, 3.05) is 6.61 Å². The molecular formula is C6H11O3S-. The Morgan fingerprint density at radius 3 is 2.20 bits per heavy atom. The minimum Gasteiger partial charge on any atom is -0.772 e. The highest BCUT2D eigenvalue weighted by molar-refractivity contribution is 7.80. The van der Waals surface area contributed by atoms with Gasteiger partial charge in [-0.25, -0.2) is 0 Å². The fourth-order valence-corrected chi connectivity index (χ4v) is 2.12. The SMILES string of the molecule is O=S([O-])C1(CO)CCCC1. The van der Waals surface area contributed by atoms with Gasteiger partial charge in [-0.1, -0.05) is 12.8 Å². The molecule has 3 nitrogen and oxygen atoms in total. The zero-order valence-corrected chi connectivity index (χ0v) is 6.52. The summed E-state index contributed by atoms with van der Waals surface area (Å²) in [5, 5.41) is 8.79. The van der Waals surface area contributed by atoms with Crippen molar-refractivity contribution >= 4 is 11.1 Å². The molecular weight excluding hydrogens is 152 g/mol. The first kappa shape index (κ1) is 8.17. The quantitative estimate of drug-likeness (QED) is 0.590. The fraction of sp³-hybridized carbons (Fsp3) is 1.00. The molecule has 10 heavy (non-hydrogen) atoms. The molecule has 1 unspecified atom stereocenters. The Bertz CT molecular complexity index is 140. The first-order chi connectivity index (χ1) is 4.71. The molecule has 0 amide bonds. The van der Waals surface area contributed by atoms with Crippen molar-refractivity contribution in [3.8, 4) is 0 Å². The highest BCUT2D eigenvalue weighted by Gasteiger charge is 2.34. The third-order valence-electron chi connectivity index (χ3n) is 2.16. The van der Waals surface area contributed by atoms with Gasteiger partial charge >= 0.3 is 0 Å². The molecule has 0 saturated heterocycles. The second kappa shape index (κ2) is 2.98. The van der Waals surface area contributed by atoms with Crippen molar-refractivity contribution in [3.05, 3.63) is 0 Å². The highest BCUT2D eigenvalue weighted by atomic mass is 32.2. The van der Waals surface area contributed by atoms with Crippen molar-refractivity contribution in [3.63, 3.8) is 0 Å². The van der Waals surface area contributed by atoms with Gasteiger partial charge in [0, 0.05) is 0 Å². The molecule has 60 valence electrons. The largest absolute Gasteiger partial charge is 0.772 e. The second-order valence-electron chi connectivity index (χ2n) is 2.78. The van der Waals surface area contributed by atoms with E-state index < -0.39 is 15.8 Å². The van der Waals surface area contributed by atoms with E-state index in [4.69, 9.17) is 5.11 Å². The Kier molecular flexibility index (Phi) is 2.44. The van der Waals surface area contributed by atoms with Gasteiger partial charge in [0.2, 0.25) is 0 Å². The first-order valence-corrected chi connectivity index (χ1v) is 4.49. The smallest absolute Gasteiger partial charge is 0.0592 e. The lowest BCUT2D eigenvalue weighted by molar-refractivity contribution is 0.239. The van der Waals surface area contributed by atoms with E-state index in [1.54, 1.807) is 0 Å². The predicted molar refractivity (Wildman–Crippen MR) is 37.2 cm³/mol. The monoisotopic (exact) mass is 163 g/mol. The summed E-state index contributed by atoms with van der Waals surface area (Å²) in [5.74, 6) is 0. The predicted octanol–water partition coefficient (Wildman–Crippen LogP) is 0.171. The molecule has 1 N–H and O–H groups in total. The van der Waals surface area contributed by atoms with Crippen LogP contribution in [0, 0.1) is 0 Å². The summed E-state index contributed by atoms with van der Waals surface area (Å²) in [7, 11) is 0. The van der Waals surface area contributed by atoms with Gasteiger partial charge in [-0.3, -0.25) is 4.21 Å². The van der Waals surface area contributed by atoms with E-state index in [1.165, 1.54) is 0 Å². The third kappa shape index (κ3) is 1.24. The van der Waals surface area contributed by atoms with Crippen LogP contribution in [0.15, 0.2) is 0 Å². The van der Waals surface area contributed by atoms with Crippen molar-refractivity contribution in [2.24, 2.45) is 0 Å². The van der Waals surface area contributed by atoms with Gasteiger partial charge in [-0.15, -0.1) is 0 Å². The zero-order chi connectivity index (χ0) is 7.61. The van der Waals surface area contributed by atoms with Crippen LogP contribution < -0.4 is 0 Å². The van der Waals surface area contributed by atoms with Crippen LogP contribution in [-0.2, 0) is 11.1 Å². The molecule has 1 aliphatic carbocycles. The lowest BCUT2D eigenvalue weighted by Crippen LogP contribution is -2.34. The Morgan fingerprint density at radius 1 is 1.50 bits per heavy atom. The van der Waals surface area contributed by atoms with E-state index in [0.717, 1.165) is 12.8 Å². The molecule has 4 heteroatoms. The minimum atomic E-state index is -2.10. The summed E-state index contributed by atoms with van der Waals surface area (Å²) in [6, 6.07) is 0. The average Bonchev–Trinajstić information content (AvgIpc) is 2.35. The summed E-state index contributed by atoms with van der Waals surface area (Å²) in [6.45, 7) is -0.219. The molecule has 0 radical (unpaired) electrons. The summed E-state index contributed by atoms with van der Waals surface area (Å²) in [4.78, 5) is 0. The van der Waals surface area contributed by atoms with Crippen LogP contribution in [0.1, 0.15) is 25.7 Å². The summed E-state index contributed by atoms with van der Waals surface area (Å²) in [5.41, 5.74) is 0. The van der Waals surface area contributed by atoms with Crippen LogP contribution >= 0.6 is 0 Å². The van der Waals surface area contributed by atoms with Gasteiger partial charge in [-0.05, 0) is 23.9 Å². The Morgan fingerprint density at radius 2 is 2.00 bits per heavy atom. The Balaban J connectivity index is 2.67. The molecule has 0 aromatic carbocycles. The Hall–Kier alpha value is 0.0700. The third-order valence-corrected chi connectivity index (χ3v) is 3.40. The maximum absolute atomic E-state index is 10.6. The van der Waals surface area contributed by atoms with Gasteiger partial charge in [0.15, 0.2) is 0 Å². The van der Waals surface area contributed by atoms with Crippen LogP contribution in [0.5, 0.6) is 0 Å². The summed E-state index contributed by atoms with van der Waals surface area (Å²) < 4.78 is 20.4. The van der Waals surface area contributed by atoms with Gasteiger partial charge in [0.25, 0.3) is 0 Å². The second-order valence-corrected chi connectivity index (χ2v) is 4.12. The normalized spacial score (nSPS) is 26.6. The van der Waals surface area contributed by atoms with Crippen LogP contribution in [0.3, 0.4) is 0 Å². The Labute approximate surface area is 62.7 Å². The molecule has 0 aromatic rings. The van der Waals surface area contributed by atoms with Gasteiger partial charge in [0.1, 0.15) is 0 Å². The first-order valence-electron chi connectivity index (χ1n) is 3.41. The van der Waals surface area contributed by atoms with Crippen molar-refractivity contribution < 1.29 is 13.9 Å². The number of hydrogen-bond acceptors (Lipinski definition) is 3. The standard InChI is InChI=1S/C6H12O3S/c7-5-6(10(8)9)3-1-2-4-6/h7H,1-5H2,(H,8,9)/p-1. The molecule has 0 spiro atoms. The molecule has 1 atom stereocenters. The van der Waals surface area contributed by atoms with Crippen LogP contribution in [0.2, 0.25) is 0 Å². The molecule has 1 saturated carbocycles. The van der Waals surface area contributed by atoms with Crippen molar-refractivity contribution in [1.29, 1.82) is 0 Å². The number of aliphatic hydroxyl groups is 1. The lowest BCUT2D eigenvalue weighted by Gasteiger charge is -2.28. The molecule has 0 heterocycles. The molecule has 1 rings (SSSR count).